The van der Waals surface area contributed by atoms with Crippen LogP contribution in [-0.2, 0) is 31.3 Å². The second kappa shape index (κ2) is 14.0. The number of carbonyl (C=O) groups is 1. The van der Waals surface area contributed by atoms with Gasteiger partial charge in [0.25, 0.3) is 0 Å². The molecule has 1 radical (unpaired) electrons. The van der Waals surface area contributed by atoms with Crippen molar-refractivity contribution in [3.8, 4) is 5.69 Å². The quantitative estimate of drug-likeness (QED) is 0.134. The molecule has 2 aliphatic heterocycles. The molecule has 5 rings (SSSR count). The molecule has 0 spiro atoms. The van der Waals surface area contributed by atoms with Crippen LogP contribution in [0.5, 0.6) is 0 Å². The van der Waals surface area contributed by atoms with E-state index in [1.54, 1.807) is 0 Å². The van der Waals surface area contributed by atoms with Gasteiger partial charge in [-0.3, -0.25) is 4.79 Å². The Morgan fingerprint density at radius 1 is 1.05 bits per heavy atom. The van der Waals surface area contributed by atoms with Gasteiger partial charge < -0.3 is 19.5 Å². The summed E-state index contributed by atoms with van der Waals surface area (Å²) in [4.78, 5) is 16.5. The number of rotatable bonds is 9. The Bertz CT molecular complexity index is 1450. The van der Waals surface area contributed by atoms with Crippen LogP contribution in [0, 0.1) is 36.9 Å². The fraction of sp³-hybridized carbons (Fsp3) is 0.514. The average Bonchev–Trinajstić information content (AvgIpc) is 3.48. The number of hydrogen-bond acceptors (Lipinski definition) is 4. The summed E-state index contributed by atoms with van der Waals surface area (Å²) < 4.78 is 2.38. The van der Waals surface area contributed by atoms with Crippen LogP contribution in [0.4, 0.5) is 17.1 Å². The van der Waals surface area contributed by atoms with Gasteiger partial charge in [0.2, 0.25) is 0 Å². The maximum absolute atomic E-state index is 11.7. The number of aliphatic hydroxyl groups is 1. The Balaban J connectivity index is 0.000000274. The summed E-state index contributed by atoms with van der Waals surface area (Å²) >= 11 is 0. The maximum Gasteiger partial charge on any atom is 0.162 e. The van der Waals surface area contributed by atoms with E-state index in [2.05, 4.69) is 93.0 Å². The second-order valence-corrected chi connectivity index (χ2v) is 13.4. The van der Waals surface area contributed by atoms with E-state index in [-0.39, 0.29) is 48.9 Å². The number of para-hydroxylation sites is 1. The molecule has 0 amide bonds. The number of nitrogens with zero attached hydrogens (tertiary/aromatic N) is 3. The summed E-state index contributed by atoms with van der Waals surface area (Å²) in [5, 5.41) is 11.2. The minimum absolute atomic E-state index is 0. The molecule has 2 aliphatic rings. The Labute approximate surface area is 273 Å². The van der Waals surface area contributed by atoms with Crippen molar-refractivity contribution >= 4 is 33.7 Å². The van der Waals surface area contributed by atoms with Gasteiger partial charge in [0.1, 0.15) is 0 Å². The predicted octanol–water partition coefficient (Wildman–Crippen LogP) is 9.99. The van der Waals surface area contributed by atoms with Gasteiger partial charge in [0, 0.05) is 55.3 Å². The van der Waals surface area contributed by atoms with Crippen LogP contribution < -0.4 is 9.80 Å². The number of aliphatic hydroxyl groups excluding tert-OH is 1. The summed E-state index contributed by atoms with van der Waals surface area (Å²) in [6, 6.07) is 12.6. The molecule has 6 heteroatoms. The molecule has 237 valence electrons. The summed E-state index contributed by atoms with van der Waals surface area (Å²) in [6.07, 6.45) is 8.28. The summed E-state index contributed by atoms with van der Waals surface area (Å²) in [6.45, 7) is 24.1. The number of anilines is 3. The smallest absolute Gasteiger partial charge is 0.162 e. The predicted molar refractivity (Wildman–Crippen MR) is 178 cm³/mol. The Morgan fingerprint density at radius 2 is 1.67 bits per heavy atom. The van der Waals surface area contributed by atoms with Crippen molar-refractivity contribution < 1.29 is 30.0 Å². The molecule has 0 atom stereocenters. The molecular weight excluding hydrogens is 711 g/mol. The second-order valence-electron chi connectivity index (χ2n) is 13.4. The molecule has 0 bridgehead atoms. The molecule has 1 aromatic heterocycles. The molecule has 3 aromatic rings. The summed E-state index contributed by atoms with van der Waals surface area (Å²) in [5.74, 6) is 0.547. The van der Waals surface area contributed by atoms with Crippen LogP contribution >= 0.6 is 0 Å². The van der Waals surface area contributed by atoms with Gasteiger partial charge in [0.05, 0.1) is 17.0 Å². The Morgan fingerprint density at radius 3 is 2.23 bits per heavy atom. The van der Waals surface area contributed by atoms with Crippen molar-refractivity contribution in [1.29, 1.82) is 0 Å². The first-order chi connectivity index (χ1) is 19.9. The molecule has 2 aromatic carbocycles. The van der Waals surface area contributed by atoms with Crippen LogP contribution in [0.2, 0.25) is 0 Å². The number of aryl methyl sites for hydroxylation is 1. The third kappa shape index (κ3) is 6.91. The third-order valence-electron chi connectivity index (χ3n) is 8.73. The van der Waals surface area contributed by atoms with Gasteiger partial charge >= 0.3 is 0 Å². The molecule has 0 aliphatic carbocycles. The molecule has 0 saturated heterocycles. The molecule has 3 heterocycles. The van der Waals surface area contributed by atoms with E-state index in [0.717, 1.165) is 37.8 Å². The SMILES string of the molecule is CCC(CC)C(=O)/C=C(\O)C(CC)CC.Cc1cn2c3c4c(cc(CC(C)(C)C)c13)N(C(C)C)[CH-]N4c1[c-]cccc1-2.[Ir]. The first-order valence-corrected chi connectivity index (χ1v) is 15.9. The summed E-state index contributed by atoms with van der Waals surface area (Å²) in [7, 11) is 0. The first-order valence-electron chi connectivity index (χ1n) is 15.9. The van der Waals surface area contributed by atoms with E-state index < -0.39 is 0 Å². The standard InChI is InChI=1S/C24H27N3.C13H24O2.Ir/c1-15(2)26-14-27-19-10-8-7-9-18(19)25-13-16(3)21-17(12-24(4,5)6)11-20(26)22(27)23(21)25;1-5-10(6-2)12(14)9-13(15)11(7-3)8-4;/h7-9,11,13-15H,12H2,1-6H3;9-11,14H,5-8H2,1-4H3;/q-2;;/b;12-9-;. The molecule has 0 fully saturated rings. The van der Waals surface area contributed by atoms with E-state index in [9.17, 15) is 9.90 Å². The minimum Gasteiger partial charge on any atom is -0.512 e. The van der Waals surface area contributed by atoms with Crippen molar-refractivity contribution in [3.63, 3.8) is 0 Å². The number of fused-ring (bicyclic) bond motifs is 3. The van der Waals surface area contributed by atoms with Crippen molar-refractivity contribution in [1.82, 2.24) is 4.57 Å². The van der Waals surface area contributed by atoms with Crippen molar-refractivity contribution in [2.24, 2.45) is 17.3 Å². The zero-order chi connectivity index (χ0) is 30.9. The molecular formula is C37H51IrN3O2-2. The van der Waals surface area contributed by atoms with E-state index in [1.807, 2.05) is 33.8 Å². The fourth-order valence-corrected chi connectivity index (χ4v) is 6.44. The number of carbonyl (C=O) groups excluding carboxylic acids is 1. The van der Waals surface area contributed by atoms with E-state index in [4.69, 9.17) is 0 Å². The number of hydrogen-bond donors (Lipinski definition) is 1. The molecule has 0 saturated carbocycles. The normalized spacial score (nSPS) is 13.9. The zero-order valence-electron chi connectivity index (χ0n) is 27.8. The molecule has 43 heavy (non-hydrogen) atoms. The Kier molecular flexibility index (Phi) is 11.4. The minimum atomic E-state index is 0. The number of benzene rings is 2. The Hall–Kier alpha value is -2.56. The van der Waals surface area contributed by atoms with E-state index in [0.29, 0.717) is 6.04 Å². The average molecular weight is 762 g/mol. The van der Waals surface area contributed by atoms with Crippen LogP contribution in [0.1, 0.15) is 99.1 Å². The van der Waals surface area contributed by atoms with Gasteiger partial charge in [-0.15, -0.1) is 6.07 Å². The van der Waals surface area contributed by atoms with Crippen LogP contribution in [0.25, 0.3) is 16.6 Å². The molecule has 0 unspecified atom stereocenters. The van der Waals surface area contributed by atoms with Crippen molar-refractivity contribution in [3.05, 3.63) is 66.2 Å². The van der Waals surface area contributed by atoms with E-state index in [1.165, 1.54) is 45.2 Å². The molecule has 5 nitrogen and oxygen atoms in total. The maximum atomic E-state index is 11.7. The summed E-state index contributed by atoms with van der Waals surface area (Å²) in [5.41, 5.74) is 9.37. The molecule has 1 N–H and O–H groups in total. The number of ketones is 1. The third-order valence-corrected chi connectivity index (χ3v) is 8.73. The van der Waals surface area contributed by atoms with Gasteiger partial charge in [-0.25, -0.2) is 0 Å². The largest absolute Gasteiger partial charge is 0.512 e. The van der Waals surface area contributed by atoms with Crippen molar-refractivity contribution in [2.75, 3.05) is 9.80 Å². The van der Waals surface area contributed by atoms with Gasteiger partial charge in [-0.2, -0.15) is 24.9 Å². The van der Waals surface area contributed by atoms with Gasteiger partial charge in [-0.05, 0) is 87.2 Å². The fourth-order valence-electron chi connectivity index (χ4n) is 6.44. The monoisotopic (exact) mass is 762 g/mol. The first kappa shape index (κ1) is 34.9. The van der Waals surface area contributed by atoms with Crippen LogP contribution in [0.3, 0.4) is 0 Å². The van der Waals surface area contributed by atoms with Gasteiger partial charge in [-0.1, -0.05) is 54.2 Å². The van der Waals surface area contributed by atoms with Gasteiger partial charge in [0.15, 0.2) is 5.78 Å². The zero-order valence-corrected chi connectivity index (χ0v) is 30.2. The topological polar surface area (TPSA) is 48.7 Å². The number of allylic oxidation sites excluding steroid dienone is 2. The van der Waals surface area contributed by atoms with E-state index >= 15 is 0 Å². The van der Waals surface area contributed by atoms with Crippen LogP contribution in [-0.4, -0.2) is 21.5 Å². The van der Waals surface area contributed by atoms with Crippen molar-refractivity contribution in [2.45, 2.75) is 107 Å². The van der Waals surface area contributed by atoms with Crippen LogP contribution in [0.15, 0.2) is 42.3 Å². The number of aromatic nitrogens is 1.